The summed E-state index contributed by atoms with van der Waals surface area (Å²) < 4.78 is 66.1. The van der Waals surface area contributed by atoms with Gasteiger partial charge in [0, 0.05) is 64.1 Å². The molecule has 0 radical (unpaired) electrons. The van der Waals surface area contributed by atoms with Gasteiger partial charge in [-0.25, -0.2) is 26.5 Å². The summed E-state index contributed by atoms with van der Waals surface area (Å²) in [7, 11) is -5.90. The average Bonchev–Trinajstić information content (AvgIpc) is 3.41. The molecule has 0 amide bonds. The summed E-state index contributed by atoms with van der Waals surface area (Å²) in [6.07, 6.45) is 2.55. The average molecular weight is 625 g/mol. The number of nitrogens with zero attached hydrogens (tertiary/aromatic N) is 3. The van der Waals surface area contributed by atoms with Crippen molar-refractivity contribution in [2.45, 2.75) is 46.8 Å². The zero-order chi connectivity index (χ0) is 29.8. The quantitative estimate of drug-likeness (QED) is 0.261. The van der Waals surface area contributed by atoms with Crippen LogP contribution in [0, 0.1) is 0 Å². The molecule has 1 spiro atoms. The number of ether oxygens (including phenoxy) is 2. The molecule has 1 aromatic heterocycles. The Bertz CT molecular complexity index is 1410. The zero-order valence-electron chi connectivity index (χ0n) is 23.7. The van der Waals surface area contributed by atoms with E-state index >= 15 is 0 Å². The largest absolute Gasteiger partial charge is 0.491 e. The van der Waals surface area contributed by atoms with Crippen LogP contribution in [-0.2, 0) is 24.8 Å². The van der Waals surface area contributed by atoms with Crippen molar-refractivity contribution in [1.29, 1.82) is 0 Å². The van der Waals surface area contributed by atoms with Crippen molar-refractivity contribution < 1.29 is 31.4 Å². The zero-order valence-corrected chi connectivity index (χ0v) is 25.4. The first kappa shape index (κ1) is 31.1. The van der Waals surface area contributed by atoms with Crippen LogP contribution in [0.15, 0.2) is 52.4 Å². The van der Waals surface area contributed by atoms with Gasteiger partial charge in [0.2, 0.25) is 20.0 Å². The Labute approximate surface area is 247 Å². The molecule has 1 unspecified atom stereocenters. The van der Waals surface area contributed by atoms with E-state index in [0.717, 1.165) is 38.4 Å². The molecule has 3 aliphatic rings. The number of anilines is 1. The number of hydrogen-bond donors (Lipinski definition) is 4. The van der Waals surface area contributed by atoms with Crippen molar-refractivity contribution in [3.63, 3.8) is 0 Å². The van der Waals surface area contributed by atoms with Crippen molar-refractivity contribution in [3.8, 4) is 5.75 Å². The van der Waals surface area contributed by atoms with Gasteiger partial charge in [-0.2, -0.15) is 4.31 Å². The van der Waals surface area contributed by atoms with Gasteiger partial charge >= 0.3 is 0 Å². The molecule has 0 aliphatic carbocycles. The lowest BCUT2D eigenvalue weighted by Crippen LogP contribution is -2.47. The minimum absolute atomic E-state index is 0.00727. The Morgan fingerprint density at radius 3 is 2.57 bits per heavy atom. The number of benzene rings is 1. The first-order valence-electron chi connectivity index (χ1n) is 14.2. The van der Waals surface area contributed by atoms with Gasteiger partial charge in [-0.15, -0.1) is 0 Å². The minimum atomic E-state index is -3.65. The van der Waals surface area contributed by atoms with E-state index in [1.54, 1.807) is 24.3 Å². The fourth-order valence-electron chi connectivity index (χ4n) is 5.62. The maximum atomic E-state index is 13.3. The second kappa shape index (κ2) is 13.1. The first-order chi connectivity index (χ1) is 20.1. The maximum absolute atomic E-state index is 13.3. The SMILES string of the molecule is CNS(=O)(=O)c1cccc(OC[C@@H](O)CNC2COC3(CCN(S(=O)(=O)c4ccc(N5CCNCC5)nc4)CC3)C2)c1. The molecule has 3 fully saturated rings. The van der Waals surface area contributed by atoms with Gasteiger partial charge in [0.15, 0.2) is 0 Å². The van der Waals surface area contributed by atoms with E-state index in [2.05, 4.69) is 25.2 Å². The molecule has 4 heterocycles. The van der Waals surface area contributed by atoms with E-state index in [-0.39, 0.29) is 29.0 Å². The number of aromatic nitrogens is 1. The molecule has 232 valence electrons. The number of sulfonamides is 2. The molecular weight excluding hydrogens is 584 g/mol. The van der Waals surface area contributed by atoms with Crippen LogP contribution in [0.2, 0.25) is 0 Å². The summed E-state index contributed by atoms with van der Waals surface area (Å²) in [5, 5.41) is 17.0. The molecule has 13 nitrogen and oxygen atoms in total. The van der Waals surface area contributed by atoms with Crippen LogP contribution < -0.4 is 25.0 Å². The molecule has 4 N–H and O–H groups in total. The van der Waals surface area contributed by atoms with E-state index in [4.69, 9.17) is 9.47 Å². The van der Waals surface area contributed by atoms with Gasteiger partial charge in [0.05, 0.1) is 17.1 Å². The fraction of sp³-hybridized carbons (Fsp3) is 0.593. The molecule has 2 atom stereocenters. The number of rotatable bonds is 11. The van der Waals surface area contributed by atoms with Gasteiger partial charge in [0.1, 0.15) is 29.2 Å². The smallest absolute Gasteiger partial charge is 0.244 e. The summed E-state index contributed by atoms with van der Waals surface area (Å²) >= 11 is 0. The highest BCUT2D eigenvalue weighted by Crippen LogP contribution is 2.37. The lowest BCUT2D eigenvalue weighted by atomic mass is 9.88. The molecule has 5 rings (SSSR count). The fourth-order valence-corrected chi connectivity index (χ4v) is 7.77. The van der Waals surface area contributed by atoms with E-state index < -0.39 is 31.8 Å². The van der Waals surface area contributed by atoms with Gasteiger partial charge in [0.25, 0.3) is 0 Å². The van der Waals surface area contributed by atoms with Gasteiger partial charge < -0.3 is 30.1 Å². The highest BCUT2D eigenvalue weighted by molar-refractivity contribution is 7.89. The Balaban J connectivity index is 1.06. The van der Waals surface area contributed by atoms with Crippen LogP contribution in [0.5, 0.6) is 5.75 Å². The van der Waals surface area contributed by atoms with Crippen molar-refractivity contribution in [1.82, 2.24) is 24.6 Å². The third-order valence-electron chi connectivity index (χ3n) is 8.11. The number of piperidine rings is 1. The molecule has 0 saturated carbocycles. The molecule has 42 heavy (non-hydrogen) atoms. The van der Waals surface area contributed by atoms with Crippen LogP contribution in [0.4, 0.5) is 5.82 Å². The van der Waals surface area contributed by atoms with Gasteiger partial charge in [-0.05, 0) is 50.6 Å². The van der Waals surface area contributed by atoms with Crippen LogP contribution in [0.25, 0.3) is 0 Å². The standard InChI is InChI=1S/C27H40N6O7S2/c1-28-41(35,36)24-4-2-3-23(15-24)39-20-22(34)17-30-21-16-27(40-19-21)7-11-33(12-8-27)42(37,38)25-5-6-26(31-18-25)32-13-9-29-10-14-32/h2-6,15,18,21-22,28-30,34H,7-14,16-17,19-20H2,1H3/t21?,22-/m0/s1. The second-order valence-electron chi connectivity index (χ2n) is 10.9. The van der Waals surface area contributed by atoms with Crippen molar-refractivity contribution in [3.05, 3.63) is 42.6 Å². The van der Waals surface area contributed by atoms with Crippen molar-refractivity contribution in [2.75, 3.05) is 71.0 Å². The number of aliphatic hydroxyl groups is 1. The molecule has 3 saturated heterocycles. The number of pyridine rings is 1. The van der Waals surface area contributed by atoms with E-state index in [1.807, 2.05) is 0 Å². The van der Waals surface area contributed by atoms with Crippen molar-refractivity contribution in [2.24, 2.45) is 0 Å². The van der Waals surface area contributed by atoms with Crippen LogP contribution in [0.1, 0.15) is 19.3 Å². The van der Waals surface area contributed by atoms with E-state index in [1.165, 1.54) is 29.7 Å². The van der Waals surface area contributed by atoms with Gasteiger partial charge in [-0.1, -0.05) is 6.07 Å². The van der Waals surface area contributed by atoms with Crippen LogP contribution in [-0.4, -0.2) is 115 Å². The lowest BCUT2D eigenvalue weighted by molar-refractivity contribution is -0.0312. The molecule has 1 aromatic carbocycles. The van der Waals surface area contributed by atoms with Crippen molar-refractivity contribution >= 4 is 25.9 Å². The topological polar surface area (TPSA) is 162 Å². The lowest BCUT2D eigenvalue weighted by Gasteiger charge is -2.38. The maximum Gasteiger partial charge on any atom is 0.244 e. The highest BCUT2D eigenvalue weighted by Gasteiger charge is 2.44. The normalized spacial score (nSPS) is 22.3. The predicted molar refractivity (Wildman–Crippen MR) is 157 cm³/mol. The number of nitrogens with one attached hydrogen (secondary N) is 3. The van der Waals surface area contributed by atoms with Crippen LogP contribution in [0.3, 0.4) is 0 Å². The third kappa shape index (κ3) is 7.22. The molecule has 0 bridgehead atoms. The molecular formula is C27H40N6O7S2. The summed E-state index contributed by atoms with van der Waals surface area (Å²) in [6.45, 7) is 4.93. The summed E-state index contributed by atoms with van der Waals surface area (Å²) in [5.41, 5.74) is -0.394. The Kier molecular flexibility index (Phi) is 9.69. The Morgan fingerprint density at radius 1 is 1.12 bits per heavy atom. The highest BCUT2D eigenvalue weighted by atomic mass is 32.2. The summed E-state index contributed by atoms with van der Waals surface area (Å²) in [4.78, 5) is 6.86. The van der Waals surface area contributed by atoms with E-state index in [9.17, 15) is 21.9 Å². The number of hydrogen-bond acceptors (Lipinski definition) is 11. The second-order valence-corrected chi connectivity index (χ2v) is 14.8. The predicted octanol–water partition coefficient (Wildman–Crippen LogP) is -0.259. The Morgan fingerprint density at radius 2 is 1.88 bits per heavy atom. The number of piperazine rings is 1. The molecule has 2 aromatic rings. The monoisotopic (exact) mass is 624 g/mol. The van der Waals surface area contributed by atoms with Crippen LogP contribution >= 0.6 is 0 Å². The number of aliphatic hydroxyl groups excluding tert-OH is 1. The van der Waals surface area contributed by atoms with E-state index in [0.29, 0.717) is 38.3 Å². The van der Waals surface area contributed by atoms with Gasteiger partial charge in [-0.3, -0.25) is 0 Å². The molecule has 3 aliphatic heterocycles. The minimum Gasteiger partial charge on any atom is -0.491 e. The molecule has 15 heteroatoms. The first-order valence-corrected chi connectivity index (χ1v) is 17.2. The summed E-state index contributed by atoms with van der Waals surface area (Å²) in [6, 6.07) is 9.54. The third-order valence-corrected chi connectivity index (χ3v) is 11.4. The Hall–Kier alpha value is -2.37. The summed E-state index contributed by atoms with van der Waals surface area (Å²) in [5.74, 6) is 1.14.